The zero-order valence-electron chi connectivity index (χ0n) is 20.3. The first-order valence-electron chi connectivity index (χ1n) is 11.2. The molecule has 9 nitrogen and oxygen atoms in total. The summed E-state index contributed by atoms with van der Waals surface area (Å²) in [6.45, 7) is 1.62. The molecule has 2 amide bonds. The van der Waals surface area contributed by atoms with Gasteiger partial charge < -0.3 is 10.1 Å². The van der Waals surface area contributed by atoms with Gasteiger partial charge in [0.25, 0.3) is 11.8 Å². The summed E-state index contributed by atoms with van der Waals surface area (Å²) in [5.74, 6) is -0.371. The molecule has 0 saturated carbocycles. The maximum absolute atomic E-state index is 12.3. The summed E-state index contributed by atoms with van der Waals surface area (Å²) in [5.41, 5.74) is 5.04. The van der Waals surface area contributed by atoms with Gasteiger partial charge in [0.1, 0.15) is 12.3 Å². The third kappa shape index (κ3) is 8.93. The van der Waals surface area contributed by atoms with Crippen LogP contribution in [-0.2, 0) is 26.2 Å². The molecule has 0 fully saturated rings. The summed E-state index contributed by atoms with van der Waals surface area (Å²) < 4.78 is 30.9. The van der Waals surface area contributed by atoms with Gasteiger partial charge in [0.2, 0.25) is 10.0 Å². The van der Waals surface area contributed by atoms with E-state index in [0.29, 0.717) is 22.9 Å². The highest BCUT2D eigenvalue weighted by atomic mass is 35.5. The number of anilines is 1. The van der Waals surface area contributed by atoms with Crippen molar-refractivity contribution in [2.24, 2.45) is 5.10 Å². The second kappa shape index (κ2) is 12.9. The molecule has 3 aromatic rings. The number of hydrazone groups is 1. The van der Waals surface area contributed by atoms with Crippen LogP contribution in [-0.4, -0.2) is 45.9 Å². The maximum atomic E-state index is 12.3. The minimum atomic E-state index is -3.73. The van der Waals surface area contributed by atoms with Crippen LogP contribution in [0.1, 0.15) is 16.7 Å². The Morgan fingerprint density at radius 2 is 1.73 bits per heavy atom. The number of carbonyl (C=O) groups is 2. The van der Waals surface area contributed by atoms with Crippen molar-refractivity contribution in [3.8, 4) is 5.75 Å². The van der Waals surface area contributed by atoms with Gasteiger partial charge in [0.15, 0.2) is 6.61 Å². The summed E-state index contributed by atoms with van der Waals surface area (Å²) >= 11 is 6.11. The predicted molar refractivity (Wildman–Crippen MR) is 144 cm³/mol. The highest BCUT2D eigenvalue weighted by Gasteiger charge is 2.21. The fourth-order valence-corrected chi connectivity index (χ4v) is 4.15. The van der Waals surface area contributed by atoms with Crippen LogP contribution in [0.5, 0.6) is 5.75 Å². The fraction of sp³-hybridized carbons (Fsp3) is 0.192. The lowest BCUT2D eigenvalue weighted by atomic mass is 10.2. The highest BCUT2D eigenvalue weighted by Crippen LogP contribution is 2.24. The third-order valence-corrected chi connectivity index (χ3v) is 6.66. The second-order valence-electron chi connectivity index (χ2n) is 8.12. The molecule has 0 atom stereocenters. The third-order valence-electron chi connectivity index (χ3n) is 5.12. The Morgan fingerprint density at radius 3 is 2.38 bits per heavy atom. The molecule has 0 aromatic heterocycles. The van der Waals surface area contributed by atoms with Crippen molar-refractivity contribution in [3.63, 3.8) is 0 Å². The number of benzene rings is 3. The van der Waals surface area contributed by atoms with Gasteiger partial charge in [-0.2, -0.15) is 5.10 Å². The molecule has 0 spiro atoms. The van der Waals surface area contributed by atoms with Gasteiger partial charge in [-0.3, -0.25) is 13.9 Å². The van der Waals surface area contributed by atoms with Crippen molar-refractivity contribution in [1.82, 2.24) is 10.7 Å². The maximum Gasteiger partial charge on any atom is 0.260 e. The van der Waals surface area contributed by atoms with Crippen LogP contribution in [0.3, 0.4) is 0 Å². The number of carbonyl (C=O) groups excluding carboxylic acids is 2. The Kier molecular flexibility index (Phi) is 9.64. The molecule has 0 bridgehead atoms. The number of ether oxygens (including phenoxy) is 1. The zero-order chi connectivity index (χ0) is 26.8. The Hall–Kier alpha value is -3.89. The van der Waals surface area contributed by atoms with Gasteiger partial charge in [0.05, 0.1) is 18.2 Å². The number of sulfonamides is 1. The van der Waals surface area contributed by atoms with E-state index in [1.807, 2.05) is 30.3 Å². The molecule has 0 aliphatic heterocycles. The summed E-state index contributed by atoms with van der Waals surface area (Å²) in [7, 11) is -3.73. The summed E-state index contributed by atoms with van der Waals surface area (Å²) in [6, 6.07) is 21.0. The van der Waals surface area contributed by atoms with Crippen LogP contribution in [0, 0.1) is 6.92 Å². The lowest BCUT2D eigenvalue weighted by Gasteiger charge is -2.21. The molecule has 3 rings (SSSR count). The molecule has 0 radical (unpaired) electrons. The fourth-order valence-electron chi connectivity index (χ4n) is 3.13. The summed E-state index contributed by atoms with van der Waals surface area (Å²) in [5, 5.41) is 7.06. The quantitative estimate of drug-likeness (QED) is 0.285. The van der Waals surface area contributed by atoms with Crippen molar-refractivity contribution in [1.29, 1.82) is 0 Å². The number of nitrogens with zero attached hydrogens (tertiary/aromatic N) is 2. The molecule has 194 valence electrons. The highest BCUT2D eigenvalue weighted by molar-refractivity contribution is 7.92. The van der Waals surface area contributed by atoms with E-state index < -0.39 is 22.5 Å². The molecule has 0 aliphatic carbocycles. The Balaban J connectivity index is 1.48. The molecule has 0 aliphatic rings. The number of halogens is 1. The summed E-state index contributed by atoms with van der Waals surface area (Å²) in [6.07, 6.45) is 2.41. The van der Waals surface area contributed by atoms with Crippen LogP contribution in [0.25, 0.3) is 0 Å². The summed E-state index contributed by atoms with van der Waals surface area (Å²) in [4.78, 5) is 24.3. The Bertz CT molecular complexity index is 1360. The van der Waals surface area contributed by atoms with Crippen molar-refractivity contribution >= 4 is 45.3 Å². The lowest BCUT2D eigenvalue weighted by molar-refractivity contribution is -0.123. The van der Waals surface area contributed by atoms with E-state index in [4.69, 9.17) is 16.3 Å². The minimum Gasteiger partial charge on any atom is -0.484 e. The van der Waals surface area contributed by atoms with Gasteiger partial charge in [0, 0.05) is 11.6 Å². The van der Waals surface area contributed by atoms with Crippen LogP contribution in [0.4, 0.5) is 5.69 Å². The number of hydrogen-bond acceptors (Lipinski definition) is 6. The molecular weight excluding hydrogens is 516 g/mol. The van der Waals surface area contributed by atoms with Gasteiger partial charge in [-0.25, -0.2) is 13.8 Å². The smallest absolute Gasteiger partial charge is 0.260 e. The molecule has 37 heavy (non-hydrogen) atoms. The average Bonchev–Trinajstić information content (AvgIpc) is 2.87. The normalized spacial score (nSPS) is 11.2. The number of nitrogens with one attached hydrogen (secondary N) is 2. The van der Waals surface area contributed by atoms with Crippen molar-refractivity contribution < 1.29 is 22.7 Å². The molecular formula is C26H27ClN4O5S. The first-order valence-corrected chi connectivity index (χ1v) is 13.4. The lowest BCUT2D eigenvalue weighted by Crippen LogP contribution is -2.39. The number of amides is 2. The first-order chi connectivity index (χ1) is 17.6. The van der Waals surface area contributed by atoms with Crippen LogP contribution in [0.2, 0.25) is 5.02 Å². The molecule has 0 saturated heterocycles. The standard InChI is InChI=1S/C26H27ClN4O5S/c1-19-8-11-22(14-24(19)27)31(37(2,34)35)17-25(32)30-29-16-21-9-12-23(13-10-21)36-18-26(33)28-15-20-6-4-3-5-7-20/h3-14,16H,15,17-18H2,1-2H3,(H,28,33)(H,30,32)/b29-16-. The van der Waals surface area contributed by atoms with Crippen molar-refractivity contribution in [2.75, 3.05) is 23.7 Å². The van der Waals surface area contributed by atoms with Crippen molar-refractivity contribution in [3.05, 3.63) is 94.5 Å². The molecule has 0 heterocycles. The average molecular weight is 543 g/mol. The van der Waals surface area contributed by atoms with Gasteiger partial charge in [-0.05, 0) is 60.0 Å². The van der Waals surface area contributed by atoms with E-state index in [2.05, 4.69) is 15.8 Å². The molecule has 11 heteroatoms. The van der Waals surface area contributed by atoms with Crippen LogP contribution in [0.15, 0.2) is 77.9 Å². The number of aryl methyl sites for hydroxylation is 1. The Labute approximate surface area is 221 Å². The SMILES string of the molecule is Cc1ccc(N(CC(=O)N/N=C\c2ccc(OCC(=O)NCc3ccccc3)cc2)S(C)(=O)=O)cc1Cl. The van der Waals surface area contributed by atoms with Gasteiger partial charge in [-0.15, -0.1) is 0 Å². The van der Waals surface area contributed by atoms with Gasteiger partial charge in [-0.1, -0.05) is 48.0 Å². The van der Waals surface area contributed by atoms with E-state index in [0.717, 1.165) is 21.7 Å². The first kappa shape index (κ1) is 27.7. The van der Waals surface area contributed by atoms with Crippen LogP contribution >= 0.6 is 11.6 Å². The van der Waals surface area contributed by atoms with Crippen LogP contribution < -0.4 is 19.8 Å². The van der Waals surface area contributed by atoms with E-state index in [1.165, 1.54) is 12.3 Å². The van der Waals surface area contributed by atoms with Crippen molar-refractivity contribution in [2.45, 2.75) is 13.5 Å². The topological polar surface area (TPSA) is 117 Å². The largest absolute Gasteiger partial charge is 0.484 e. The Morgan fingerprint density at radius 1 is 1.03 bits per heavy atom. The second-order valence-corrected chi connectivity index (χ2v) is 10.4. The molecule has 0 unspecified atom stereocenters. The zero-order valence-corrected chi connectivity index (χ0v) is 21.9. The molecule has 3 aromatic carbocycles. The van der Waals surface area contributed by atoms with E-state index in [-0.39, 0.29) is 18.2 Å². The monoisotopic (exact) mass is 542 g/mol. The number of hydrogen-bond donors (Lipinski definition) is 2. The van der Waals surface area contributed by atoms with E-state index in [1.54, 1.807) is 43.3 Å². The van der Waals surface area contributed by atoms with E-state index >= 15 is 0 Å². The number of rotatable bonds is 11. The minimum absolute atomic E-state index is 0.126. The van der Waals surface area contributed by atoms with Gasteiger partial charge >= 0.3 is 0 Å². The molecule has 2 N–H and O–H groups in total. The van der Waals surface area contributed by atoms with E-state index in [9.17, 15) is 18.0 Å². The predicted octanol–water partition coefficient (Wildman–Crippen LogP) is 3.26.